The lowest BCUT2D eigenvalue weighted by molar-refractivity contribution is 0.349. The highest BCUT2D eigenvalue weighted by Crippen LogP contribution is 2.23. The Morgan fingerprint density at radius 3 is 2.78 bits per heavy atom. The van der Waals surface area contributed by atoms with E-state index in [4.69, 9.17) is 0 Å². The molecule has 1 aliphatic heterocycles. The lowest BCUT2D eigenvalue weighted by Gasteiger charge is -2.20. The van der Waals surface area contributed by atoms with Crippen LogP contribution in [0, 0.1) is 0 Å². The second kappa shape index (κ2) is 9.16. The van der Waals surface area contributed by atoms with Gasteiger partial charge in [0.15, 0.2) is 0 Å². The molecule has 102 valence electrons. The van der Waals surface area contributed by atoms with E-state index < -0.39 is 0 Å². The molecule has 0 aromatic heterocycles. The fourth-order valence-corrected chi connectivity index (χ4v) is 2.55. The van der Waals surface area contributed by atoms with Gasteiger partial charge in [-0.15, -0.1) is 0 Å². The average Bonchev–Trinajstić information content (AvgIpc) is 2.79. The second-order valence-corrected chi connectivity index (χ2v) is 5.23. The number of unbranched alkanes of at least 4 members (excludes halogenated alkanes) is 3. The third-order valence-corrected chi connectivity index (χ3v) is 3.67. The molecule has 1 rings (SSSR count). The molecule has 0 radical (unpaired) electrons. The molecule has 1 saturated heterocycles. The van der Waals surface area contributed by atoms with Crippen LogP contribution in [0.3, 0.4) is 0 Å². The van der Waals surface area contributed by atoms with Crippen LogP contribution in [-0.2, 0) is 0 Å². The Balaban J connectivity index is 2.56. The van der Waals surface area contributed by atoms with Crippen LogP contribution in [0.2, 0.25) is 0 Å². The average molecular weight is 247 g/mol. The SMILES string of the molecule is C\C=C/C=C(\C=C/CCCCC)C1CCCN1C. The normalized spacial score (nSPS) is 22.6. The highest BCUT2D eigenvalue weighted by molar-refractivity contribution is 5.29. The van der Waals surface area contributed by atoms with E-state index in [1.165, 1.54) is 50.6 Å². The molecule has 0 spiro atoms. The highest BCUT2D eigenvalue weighted by Gasteiger charge is 2.22. The Bertz CT molecular complexity index is 299. The first kappa shape index (κ1) is 15.2. The summed E-state index contributed by atoms with van der Waals surface area (Å²) in [6.45, 7) is 5.58. The summed E-state index contributed by atoms with van der Waals surface area (Å²) in [5, 5.41) is 0. The van der Waals surface area contributed by atoms with Crippen LogP contribution < -0.4 is 0 Å². The van der Waals surface area contributed by atoms with Crippen molar-refractivity contribution in [2.45, 2.75) is 58.4 Å². The van der Waals surface area contributed by atoms with Gasteiger partial charge in [-0.25, -0.2) is 0 Å². The summed E-state index contributed by atoms with van der Waals surface area (Å²) in [6, 6.07) is 0.628. The molecule has 1 nitrogen and oxygen atoms in total. The lowest BCUT2D eigenvalue weighted by Crippen LogP contribution is -2.26. The monoisotopic (exact) mass is 247 g/mol. The van der Waals surface area contributed by atoms with Crippen LogP contribution in [-0.4, -0.2) is 24.5 Å². The van der Waals surface area contributed by atoms with Crippen LogP contribution in [0.4, 0.5) is 0 Å². The van der Waals surface area contributed by atoms with E-state index in [-0.39, 0.29) is 0 Å². The number of likely N-dealkylation sites (N-methyl/N-ethyl adjacent to an activating group) is 1. The smallest absolute Gasteiger partial charge is 0.0345 e. The van der Waals surface area contributed by atoms with Gasteiger partial charge >= 0.3 is 0 Å². The van der Waals surface area contributed by atoms with Crippen LogP contribution in [0.5, 0.6) is 0 Å². The van der Waals surface area contributed by atoms with Gasteiger partial charge < -0.3 is 0 Å². The molecule has 1 heterocycles. The molecule has 0 aliphatic carbocycles. The van der Waals surface area contributed by atoms with Crippen molar-refractivity contribution >= 4 is 0 Å². The summed E-state index contributed by atoms with van der Waals surface area (Å²) in [6.07, 6.45) is 19.1. The number of rotatable bonds is 7. The Kier molecular flexibility index (Phi) is 7.75. The molecule has 1 heteroatoms. The van der Waals surface area contributed by atoms with Crippen molar-refractivity contribution in [1.82, 2.24) is 4.90 Å². The summed E-state index contributed by atoms with van der Waals surface area (Å²) in [5.74, 6) is 0. The Hall–Kier alpha value is -0.820. The highest BCUT2D eigenvalue weighted by atomic mass is 15.1. The molecule has 1 atom stereocenters. The lowest BCUT2D eigenvalue weighted by atomic mass is 10.0. The number of hydrogen-bond donors (Lipinski definition) is 0. The van der Waals surface area contributed by atoms with E-state index in [2.05, 4.69) is 56.2 Å². The molecule has 0 bridgehead atoms. The van der Waals surface area contributed by atoms with Crippen LogP contribution in [0.1, 0.15) is 52.4 Å². The molecular weight excluding hydrogens is 218 g/mol. The molecule has 0 saturated carbocycles. The second-order valence-electron chi connectivity index (χ2n) is 5.23. The summed E-state index contributed by atoms with van der Waals surface area (Å²) in [5.41, 5.74) is 1.48. The van der Waals surface area contributed by atoms with Gasteiger partial charge in [-0.3, -0.25) is 4.90 Å². The predicted octanol–water partition coefficient (Wildman–Crippen LogP) is 4.72. The maximum Gasteiger partial charge on any atom is 0.0345 e. The molecule has 0 N–H and O–H groups in total. The van der Waals surface area contributed by atoms with E-state index in [0.29, 0.717) is 6.04 Å². The van der Waals surface area contributed by atoms with Gasteiger partial charge in [0, 0.05) is 6.04 Å². The third-order valence-electron chi connectivity index (χ3n) is 3.67. The van der Waals surface area contributed by atoms with Crippen molar-refractivity contribution in [3.05, 3.63) is 36.0 Å². The molecule has 1 unspecified atom stereocenters. The fourth-order valence-electron chi connectivity index (χ4n) is 2.55. The largest absolute Gasteiger partial charge is 0.299 e. The van der Waals surface area contributed by atoms with Gasteiger partial charge in [0.2, 0.25) is 0 Å². The van der Waals surface area contributed by atoms with Crippen molar-refractivity contribution < 1.29 is 0 Å². The zero-order chi connectivity index (χ0) is 13.2. The quantitative estimate of drug-likeness (QED) is 0.465. The van der Waals surface area contributed by atoms with Gasteiger partial charge in [0.05, 0.1) is 0 Å². The van der Waals surface area contributed by atoms with Crippen molar-refractivity contribution in [2.24, 2.45) is 0 Å². The zero-order valence-electron chi connectivity index (χ0n) is 12.4. The van der Waals surface area contributed by atoms with Crippen molar-refractivity contribution in [3.8, 4) is 0 Å². The van der Waals surface area contributed by atoms with E-state index in [1.54, 1.807) is 0 Å². The van der Waals surface area contributed by atoms with Crippen molar-refractivity contribution in [3.63, 3.8) is 0 Å². The predicted molar refractivity (Wildman–Crippen MR) is 81.8 cm³/mol. The number of likely N-dealkylation sites (tertiary alicyclic amines) is 1. The number of allylic oxidation sites excluding steroid dienone is 4. The third kappa shape index (κ3) is 5.22. The summed E-state index contributed by atoms with van der Waals surface area (Å²) in [7, 11) is 2.24. The van der Waals surface area contributed by atoms with E-state index in [1.807, 2.05) is 0 Å². The Labute approximate surface area is 113 Å². The van der Waals surface area contributed by atoms with Gasteiger partial charge in [-0.1, -0.05) is 50.1 Å². The Morgan fingerprint density at radius 2 is 2.17 bits per heavy atom. The van der Waals surface area contributed by atoms with Crippen LogP contribution >= 0.6 is 0 Å². The molecule has 0 aromatic rings. The van der Waals surface area contributed by atoms with E-state index in [9.17, 15) is 0 Å². The first-order valence-corrected chi connectivity index (χ1v) is 7.49. The number of hydrogen-bond acceptors (Lipinski definition) is 1. The fraction of sp³-hybridized carbons (Fsp3) is 0.647. The molecular formula is C17H29N. The van der Waals surface area contributed by atoms with Crippen molar-refractivity contribution in [1.29, 1.82) is 0 Å². The van der Waals surface area contributed by atoms with E-state index in [0.717, 1.165) is 0 Å². The van der Waals surface area contributed by atoms with Gasteiger partial charge in [0.25, 0.3) is 0 Å². The summed E-state index contributed by atoms with van der Waals surface area (Å²) >= 11 is 0. The minimum atomic E-state index is 0.628. The minimum absolute atomic E-state index is 0.628. The topological polar surface area (TPSA) is 3.24 Å². The van der Waals surface area contributed by atoms with Gasteiger partial charge in [0.1, 0.15) is 0 Å². The maximum absolute atomic E-state index is 2.48. The summed E-state index contributed by atoms with van der Waals surface area (Å²) in [4.78, 5) is 2.48. The van der Waals surface area contributed by atoms with Gasteiger partial charge in [-0.05, 0) is 51.8 Å². The first-order valence-electron chi connectivity index (χ1n) is 7.49. The number of nitrogens with zero attached hydrogens (tertiary/aromatic N) is 1. The molecule has 0 amide bonds. The van der Waals surface area contributed by atoms with E-state index >= 15 is 0 Å². The molecule has 0 aromatic carbocycles. The maximum atomic E-state index is 2.48. The zero-order valence-corrected chi connectivity index (χ0v) is 12.4. The van der Waals surface area contributed by atoms with Crippen LogP contribution in [0.25, 0.3) is 0 Å². The minimum Gasteiger partial charge on any atom is -0.299 e. The first-order chi connectivity index (χ1) is 8.79. The standard InChI is InChI=1S/C17H29N/c1-4-6-8-9-10-13-16(12-7-5-2)17-14-11-15-18(17)3/h5,7,10,12-13,17H,4,6,8-9,11,14-15H2,1-3H3/b7-5-,13-10-,16-12+. The van der Waals surface area contributed by atoms with Crippen LogP contribution in [0.15, 0.2) is 36.0 Å². The Morgan fingerprint density at radius 1 is 1.33 bits per heavy atom. The molecule has 1 fully saturated rings. The summed E-state index contributed by atoms with van der Waals surface area (Å²) < 4.78 is 0. The molecule has 1 aliphatic rings. The molecule has 18 heavy (non-hydrogen) atoms. The van der Waals surface area contributed by atoms with Gasteiger partial charge in [-0.2, -0.15) is 0 Å². The van der Waals surface area contributed by atoms with Crippen molar-refractivity contribution in [2.75, 3.05) is 13.6 Å².